The Balaban J connectivity index is 3.56. The largest absolute Gasteiger partial charge is 0.396 e. The molecule has 0 fully saturated rings. The molecule has 0 bridgehead atoms. The number of rotatable bonds is 11. The van der Waals surface area contributed by atoms with E-state index >= 15 is 0 Å². The van der Waals surface area contributed by atoms with Gasteiger partial charge in [-0.2, -0.15) is 0 Å². The summed E-state index contributed by atoms with van der Waals surface area (Å²) in [5.74, 6) is 0. The first-order chi connectivity index (χ1) is 8.02. The highest BCUT2D eigenvalue weighted by molar-refractivity contribution is 4.73. The van der Waals surface area contributed by atoms with Crippen LogP contribution in [-0.4, -0.2) is 24.3 Å². The van der Waals surface area contributed by atoms with Crippen LogP contribution in [0.2, 0.25) is 0 Å². The van der Waals surface area contributed by atoms with E-state index in [-0.39, 0.29) is 0 Å². The minimum atomic E-state index is 0.306. The van der Waals surface area contributed by atoms with E-state index in [0.29, 0.717) is 18.1 Å². The summed E-state index contributed by atoms with van der Waals surface area (Å²) in [5, 5.41) is 12.5. The molecule has 2 N–H and O–H groups in total. The summed E-state index contributed by atoms with van der Waals surface area (Å²) in [5.41, 5.74) is 0.306. The molecule has 2 nitrogen and oxygen atoms in total. The van der Waals surface area contributed by atoms with Gasteiger partial charge in [0.05, 0.1) is 0 Å². The van der Waals surface area contributed by atoms with Gasteiger partial charge in [0.25, 0.3) is 0 Å². The van der Waals surface area contributed by atoms with Crippen LogP contribution >= 0.6 is 0 Å². The van der Waals surface area contributed by atoms with E-state index in [0.717, 1.165) is 19.4 Å². The summed E-state index contributed by atoms with van der Waals surface area (Å²) in [4.78, 5) is 0. The highest BCUT2D eigenvalue weighted by Gasteiger charge is 2.17. The number of hydrogen-bond donors (Lipinski definition) is 2. The lowest BCUT2D eigenvalue weighted by molar-refractivity contribution is 0.231. The third-order valence-corrected chi connectivity index (χ3v) is 3.43. The molecule has 1 atom stereocenters. The van der Waals surface area contributed by atoms with E-state index in [9.17, 15) is 0 Å². The fourth-order valence-electron chi connectivity index (χ4n) is 2.08. The lowest BCUT2D eigenvalue weighted by atomic mass is 9.87. The fourth-order valence-corrected chi connectivity index (χ4v) is 2.08. The van der Waals surface area contributed by atoms with Crippen molar-refractivity contribution in [2.24, 2.45) is 5.41 Å². The molecule has 0 aromatic heterocycles. The van der Waals surface area contributed by atoms with Crippen molar-refractivity contribution in [2.45, 2.75) is 78.7 Å². The Morgan fingerprint density at radius 1 is 1.12 bits per heavy atom. The standard InChI is InChI=1S/C15H33NO/c1-5-6-7-8-10-14(2)16-13-15(3,4)11-9-12-17/h14,16-17H,5-13H2,1-4H3. The fraction of sp³-hybridized carbons (Fsp3) is 1.00. The van der Waals surface area contributed by atoms with Crippen LogP contribution in [0.25, 0.3) is 0 Å². The van der Waals surface area contributed by atoms with Gasteiger partial charge >= 0.3 is 0 Å². The molecule has 0 aromatic carbocycles. The van der Waals surface area contributed by atoms with Crippen molar-refractivity contribution in [1.82, 2.24) is 5.32 Å². The van der Waals surface area contributed by atoms with Crippen molar-refractivity contribution >= 4 is 0 Å². The van der Waals surface area contributed by atoms with Gasteiger partial charge in [-0.25, -0.2) is 0 Å². The third-order valence-electron chi connectivity index (χ3n) is 3.43. The topological polar surface area (TPSA) is 32.3 Å². The summed E-state index contributed by atoms with van der Waals surface area (Å²) < 4.78 is 0. The van der Waals surface area contributed by atoms with Crippen LogP contribution in [0.3, 0.4) is 0 Å². The van der Waals surface area contributed by atoms with Crippen molar-refractivity contribution in [2.75, 3.05) is 13.2 Å². The SMILES string of the molecule is CCCCCCC(C)NCC(C)(C)CCCO. The highest BCUT2D eigenvalue weighted by atomic mass is 16.2. The second-order valence-corrected chi connectivity index (χ2v) is 6.12. The molecule has 0 heterocycles. The molecule has 0 spiro atoms. The lowest BCUT2D eigenvalue weighted by Gasteiger charge is -2.27. The molecule has 2 heteroatoms. The van der Waals surface area contributed by atoms with Crippen molar-refractivity contribution in [1.29, 1.82) is 0 Å². The molecule has 0 aromatic rings. The minimum absolute atomic E-state index is 0.306. The zero-order valence-corrected chi connectivity index (χ0v) is 12.4. The van der Waals surface area contributed by atoms with Crippen LogP contribution in [-0.2, 0) is 0 Å². The number of unbranched alkanes of at least 4 members (excludes halogenated alkanes) is 3. The molecular weight excluding hydrogens is 210 g/mol. The summed E-state index contributed by atoms with van der Waals surface area (Å²) in [6.45, 7) is 10.5. The van der Waals surface area contributed by atoms with Gasteiger partial charge in [-0.05, 0) is 31.6 Å². The Morgan fingerprint density at radius 3 is 2.41 bits per heavy atom. The number of aliphatic hydroxyl groups excluding tert-OH is 1. The Hall–Kier alpha value is -0.0800. The van der Waals surface area contributed by atoms with E-state index in [1.165, 1.54) is 32.1 Å². The molecule has 0 rings (SSSR count). The van der Waals surface area contributed by atoms with Crippen molar-refractivity contribution in [3.63, 3.8) is 0 Å². The van der Waals surface area contributed by atoms with Gasteiger partial charge in [0.15, 0.2) is 0 Å². The Bertz CT molecular complexity index is 168. The molecular formula is C15H33NO. The first kappa shape index (κ1) is 16.9. The Labute approximate surface area is 108 Å². The van der Waals surface area contributed by atoms with E-state index in [4.69, 9.17) is 5.11 Å². The van der Waals surface area contributed by atoms with Gasteiger partial charge in [0.1, 0.15) is 0 Å². The van der Waals surface area contributed by atoms with Gasteiger partial charge in [-0.15, -0.1) is 0 Å². The minimum Gasteiger partial charge on any atom is -0.396 e. The van der Waals surface area contributed by atoms with Gasteiger partial charge < -0.3 is 10.4 Å². The van der Waals surface area contributed by atoms with Crippen molar-refractivity contribution < 1.29 is 5.11 Å². The number of aliphatic hydroxyl groups is 1. The summed E-state index contributed by atoms with van der Waals surface area (Å²) in [6, 6.07) is 0.625. The first-order valence-electron chi connectivity index (χ1n) is 7.36. The molecule has 0 radical (unpaired) electrons. The average Bonchev–Trinajstić information content (AvgIpc) is 2.30. The maximum atomic E-state index is 8.85. The summed E-state index contributed by atoms with van der Waals surface area (Å²) >= 11 is 0. The molecule has 0 aliphatic heterocycles. The molecule has 0 aliphatic carbocycles. The number of hydrogen-bond acceptors (Lipinski definition) is 2. The average molecular weight is 243 g/mol. The molecule has 0 aliphatic rings. The van der Waals surface area contributed by atoms with Crippen LogP contribution in [0.1, 0.15) is 72.6 Å². The van der Waals surface area contributed by atoms with E-state index in [1.54, 1.807) is 0 Å². The molecule has 104 valence electrons. The van der Waals surface area contributed by atoms with Crippen molar-refractivity contribution in [3.05, 3.63) is 0 Å². The van der Waals surface area contributed by atoms with Crippen LogP contribution in [0, 0.1) is 5.41 Å². The molecule has 17 heavy (non-hydrogen) atoms. The Morgan fingerprint density at radius 2 is 1.82 bits per heavy atom. The predicted octanol–water partition coefficient (Wildman–Crippen LogP) is 3.73. The summed E-state index contributed by atoms with van der Waals surface area (Å²) in [6.07, 6.45) is 8.70. The monoisotopic (exact) mass is 243 g/mol. The van der Waals surface area contributed by atoms with Gasteiger partial charge in [0.2, 0.25) is 0 Å². The van der Waals surface area contributed by atoms with Gasteiger partial charge in [-0.1, -0.05) is 46.5 Å². The molecule has 0 saturated carbocycles. The highest BCUT2D eigenvalue weighted by Crippen LogP contribution is 2.21. The molecule has 0 saturated heterocycles. The first-order valence-corrected chi connectivity index (χ1v) is 7.36. The van der Waals surface area contributed by atoms with Crippen molar-refractivity contribution in [3.8, 4) is 0 Å². The van der Waals surface area contributed by atoms with Crippen LogP contribution in [0.15, 0.2) is 0 Å². The zero-order valence-electron chi connectivity index (χ0n) is 12.4. The number of nitrogens with one attached hydrogen (secondary N) is 1. The third kappa shape index (κ3) is 10.8. The Kier molecular flexibility index (Phi) is 9.85. The second kappa shape index (κ2) is 9.90. The van der Waals surface area contributed by atoms with Crippen LogP contribution < -0.4 is 5.32 Å². The molecule has 0 amide bonds. The van der Waals surface area contributed by atoms with E-state index in [2.05, 4.69) is 33.0 Å². The van der Waals surface area contributed by atoms with Gasteiger partial charge in [0, 0.05) is 19.2 Å². The quantitative estimate of drug-likeness (QED) is 0.542. The predicted molar refractivity (Wildman–Crippen MR) is 76.3 cm³/mol. The summed E-state index contributed by atoms with van der Waals surface area (Å²) in [7, 11) is 0. The van der Waals surface area contributed by atoms with E-state index in [1.807, 2.05) is 0 Å². The lowest BCUT2D eigenvalue weighted by Crippen LogP contribution is -2.35. The smallest absolute Gasteiger partial charge is 0.0431 e. The molecule has 1 unspecified atom stereocenters. The van der Waals surface area contributed by atoms with Crippen LogP contribution in [0.4, 0.5) is 0 Å². The normalized spacial score (nSPS) is 13.9. The maximum Gasteiger partial charge on any atom is 0.0431 e. The van der Waals surface area contributed by atoms with E-state index < -0.39 is 0 Å². The van der Waals surface area contributed by atoms with Crippen LogP contribution in [0.5, 0.6) is 0 Å². The second-order valence-electron chi connectivity index (χ2n) is 6.12. The van der Waals surface area contributed by atoms with Gasteiger partial charge in [-0.3, -0.25) is 0 Å². The maximum absolute atomic E-state index is 8.85. The zero-order chi connectivity index (χ0) is 13.1.